The zero-order valence-electron chi connectivity index (χ0n) is 17.3. The molecule has 162 valence electrons. The summed E-state index contributed by atoms with van der Waals surface area (Å²) in [7, 11) is -1.60. The van der Waals surface area contributed by atoms with E-state index < -0.39 is 10.0 Å². The van der Waals surface area contributed by atoms with Crippen LogP contribution in [0.4, 0.5) is 0 Å². The molecular formula is C22H30N4O2S2. The number of hydrogen-bond donors (Lipinski definition) is 2. The Bertz CT molecular complexity index is 905. The molecule has 0 aromatic heterocycles. The van der Waals surface area contributed by atoms with Gasteiger partial charge in [-0.05, 0) is 30.0 Å². The van der Waals surface area contributed by atoms with Crippen LogP contribution in [0.3, 0.4) is 0 Å². The van der Waals surface area contributed by atoms with E-state index in [1.165, 1.54) is 4.90 Å². The van der Waals surface area contributed by atoms with E-state index in [0.29, 0.717) is 19.0 Å². The number of nitrogens with zero attached hydrogens (tertiary/aromatic N) is 2. The van der Waals surface area contributed by atoms with Gasteiger partial charge in [-0.3, -0.25) is 4.99 Å². The maximum absolute atomic E-state index is 12.3. The molecule has 0 spiro atoms. The van der Waals surface area contributed by atoms with E-state index in [1.807, 2.05) is 48.2 Å². The van der Waals surface area contributed by atoms with Crippen molar-refractivity contribution in [3.63, 3.8) is 0 Å². The maximum Gasteiger partial charge on any atom is 0.213 e. The highest BCUT2D eigenvalue weighted by Gasteiger charge is 2.25. The summed E-state index contributed by atoms with van der Waals surface area (Å²) in [4.78, 5) is 7.87. The Morgan fingerprint density at radius 3 is 2.53 bits per heavy atom. The lowest BCUT2D eigenvalue weighted by Gasteiger charge is -2.21. The van der Waals surface area contributed by atoms with E-state index in [0.717, 1.165) is 36.8 Å². The van der Waals surface area contributed by atoms with Gasteiger partial charge in [0.25, 0.3) is 0 Å². The Kier molecular flexibility index (Phi) is 8.60. The van der Waals surface area contributed by atoms with Crippen LogP contribution >= 0.6 is 11.8 Å². The Hall–Kier alpha value is -2.03. The van der Waals surface area contributed by atoms with Gasteiger partial charge in [-0.2, -0.15) is 0 Å². The van der Waals surface area contributed by atoms with E-state index in [-0.39, 0.29) is 5.75 Å². The molecule has 2 aromatic rings. The zero-order valence-corrected chi connectivity index (χ0v) is 19.0. The van der Waals surface area contributed by atoms with Gasteiger partial charge in [0.15, 0.2) is 5.96 Å². The Labute approximate surface area is 184 Å². The average Bonchev–Trinajstić information content (AvgIpc) is 3.24. The highest BCUT2D eigenvalue weighted by Crippen LogP contribution is 2.25. The molecule has 0 saturated carbocycles. The first-order valence-corrected chi connectivity index (χ1v) is 12.8. The number of likely N-dealkylation sites (tertiary alicyclic amines) is 1. The molecule has 1 aliphatic rings. The van der Waals surface area contributed by atoms with Crippen molar-refractivity contribution in [2.75, 3.05) is 38.2 Å². The van der Waals surface area contributed by atoms with Crippen LogP contribution in [0.15, 0.2) is 70.6 Å². The molecule has 2 aromatic carbocycles. The summed E-state index contributed by atoms with van der Waals surface area (Å²) in [5.41, 5.74) is 0.946. The van der Waals surface area contributed by atoms with Crippen LogP contribution in [-0.2, 0) is 16.6 Å². The second kappa shape index (κ2) is 11.4. The molecule has 30 heavy (non-hydrogen) atoms. The number of sulfonamides is 1. The molecule has 3 rings (SSSR count). The number of guanidine groups is 1. The molecule has 1 fully saturated rings. The monoisotopic (exact) mass is 446 g/mol. The van der Waals surface area contributed by atoms with Crippen molar-refractivity contribution < 1.29 is 8.42 Å². The van der Waals surface area contributed by atoms with Gasteiger partial charge in [-0.25, -0.2) is 13.1 Å². The maximum atomic E-state index is 12.3. The smallest absolute Gasteiger partial charge is 0.213 e. The SMILES string of the molecule is CN=C(NCCS(=O)(=O)NCc1ccccc1)N1CCC(CSc2ccccc2)C1. The number of aliphatic imine (C=N–C) groups is 1. The van der Waals surface area contributed by atoms with Gasteiger partial charge in [-0.15, -0.1) is 11.8 Å². The van der Waals surface area contributed by atoms with Crippen LogP contribution in [0.5, 0.6) is 0 Å². The highest BCUT2D eigenvalue weighted by atomic mass is 32.2. The van der Waals surface area contributed by atoms with E-state index in [1.54, 1.807) is 7.05 Å². The summed E-state index contributed by atoms with van der Waals surface area (Å²) in [5.74, 6) is 2.47. The minimum atomic E-state index is -3.35. The summed E-state index contributed by atoms with van der Waals surface area (Å²) in [6.07, 6.45) is 1.12. The zero-order chi connectivity index (χ0) is 21.2. The van der Waals surface area contributed by atoms with Crippen molar-refractivity contribution in [2.24, 2.45) is 10.9 Å². The standard InChI is InChI=1S/C22H30N4O2S2/c1-23-22(24-13-15-30(27,28)25-16-19-8-4-2-5-9-19)26-14-12-20(17-26)18-29-21-10-6-3-7-11-21/h2-11,20,25H,12-18H2,1H3,(H,23,24). The van der Waals surface area contributed by atoms with Gasteiger partial charge in [0.05, 0.1) is 5.75 Å². The first-order valence-electron chi connectivity index (χ1n) is 10.2. The first-order chi connectivity index (χ1) is 14.6. The second-order valence-electron chi connectivity index (χ2n) is 7.32. The number of nitrogens with one attached hydrogen (secondary N) is 2. The summed E-state index contributed by atoms with van der Waals surface area (Å²) in [6.45, 7) is 2.53. The third-order valence-corrected chi connectivity index (χ3v) is 7.59. The summed E-state index contributed by atoms with van der Waals surface area (Å²) in [5, 5.41) is 3.21. The summed E-state index contributed by atoms with van der Waals surface area (Å²) in [6, 6.07) is 20.0. The minimum absolute atomic E-state index is 0.0139. The van der Waals surface area contributed by atoms with Crippen molar-refractivity contribution in [1.82, 2.24) is 14.9 Å². The third kappa shape index (κ3) is 7.34. The predicted molar refractivity (Wildman–Crippen MR) is 125 cm³/mol. The van der Waals surface area contributed by atoms with Crippen molar-refractivity contribution in [2.45, 2.75) is 17.9 Å². The number of thioether (sulfide) groups is 1. The Balaban J connectivity index is 1.39. The van der Waals surface area contributed by atoms with Crippen molar-refractivity contribution >= 4 is 27.7 Å². The largest absolute Gasteiger partial charge is 0.355 e. The van der Waals surface area contributed by atoms with Crippen LogP contribution in [-0.4, -0.2) is 57.5 Å². The van der Waals surface area contributed by atoms with Crippen molar-refractivity contribution in [3.05, 3.63) is 66.2 Å². The molecular weight excluding hydrogens is 416 g/mol. The summed E-state index contributed by atoms with van der Waals surface area (Å²) >= 11 is 1.89. The predicted octanol–water partition coefficient (Wildman–Crippen LogP) is 2.80. The number of hydrogen-bond acceptors (Lipinski definition) is 4. The molecule has 1 unspecified atom stereocenters. The highest BCUT2D eigenvalue weighted by molar-refractivity contribution is 7.99. The first kappa shape index (κ1) is 22.7. The van der Waals surface area contributed by atoms with Gasteiger partial charge in [0.1, 0.15) is 0 Å². The fourth-order valence-electron chi connectivity index (χ4n) is 3.38. The number of rotatable bonds is 9. The second-order valence-corrected chi connectivity index (χ2v) is 10.3. The molecule has 0 aliphatic carbocycles. The van der Waals surface area contributed by atoms with E-state index in [9.17, 15) is 8.42 Å². The number of benzene rings is 2. The average molecular weight is 447 g/mol. The van der Waals surface area contributed by atoms with Crippen LogP contribution < -0.4 is 10.0 Å². The Morgan fingerprint density at radius 2 is 1.83 bits per heavy atom. The van der Waals surface area contributed by atoms with Crippen molar-refractivity contribution in [1.29, 1.82) is 0 Å². The van der Waals surface area contributed by atoms with Crippen LogP contribution in [0.25, 0.3) is 0 Å². The fourth-order valence-corrected chi connectivity index (χ4v) is 5.33. The lowest BCUT2D eigenvalue weighted by atomic mass is 10.2. The lowest BCUT2D eigenvalue weighted by molar-refractivity contribution is 0.476. The van der Waals surface area contributed by atoms with Gasteiger partial charge >= 0.3 is 0 Å². The van der Waals surface area contributed by atoms with Crippen LogP contribution in [0.2, 0.25) is 0 Å². The molecule has 2 N–H and O–H groups in total. The lowest BCUT2D eigenvalue weighted by Crippen LogP contribution is -2.43. The molecule has 8 heteroatoms. The quantitative estimate of drug-likeness (QED) is 0.352. The molecule has 0 amide bonds. The Morgan fingerprint density at radius 1 is 1.13 bits per heavy atom. The van der Waals surface area contributed by atoms with Crippen LogP contribution in [0.1, 0.15) is 12.0 Å². The normalized spacial score (nSPS) is 17.3. The molecule has 6 nitrogen and oxygen atoms in total. The van der Waals surface area contributed by atoms with Gasteiger partial charge in [0, 0.05) is 43.9 Å². The fraction of sp³-hybridized carbons (Fsp3) is 0.409. The van der Waals surface area contributed by atoms with Gasteiger partial charge in [-0.1, -0.05) is 48.5 Å². The molecule has 0 radical (unpaired) electrons. The van der Waals surface area contributed by atoms with E-state index >= 15 is 0 Å². The molecule has 1 aliphatic heterocycles. The molecule has 0 bridgehead atoms. The van der Waals surface area contributed by atoms with Gasteiger partial charge < -0.3 is 10.2 Å². The topological polar surface area (TPSA) is 73.8 Å². The summed E-state index contributed by atoms with van der Waals surface area (Å²) < 4.78 is 27.2. The molecule has 1 atom stereocenters. The third-order valence-electron chi connectivity index (χ3n) is 5.02. The van der Waals surface area contributed by atoms with Crippen LogP contribution in [0, 0.1) is 5.92 Å². The van der Waals surface area contributed by atoms with E-state index in [2.05, 4.69) is 44.2 Å². The molecule has 1 saturated heterocycles. The molecule has 1 heterocycles. The minimum Gasteiger partial charge on any atom is -0.355 e. The van der Waals surface area contributed by atoms with Crippen molar-refractivity contribution in [3.8, 4) is 0 Å². The van der Waals surface area contributed by atoms with Gasteiger partial charge in [0.2, 0.25) is 10.0 Å². The van der Waals surface area contributed by atoms with E-state index in [4.69, 9.17) is 0 Å².